The van der Waals surface area contributed by atoms with Crippen LogP contribution in [0.5, 0.6) is 0 Å². The fourth-order valence-electron chi connectivity index (χ4n) is 3.62. The molecule has 0 unspecified atom stereocenters. The first-order chi connectivity index (χ1) is 11.6. The number of carbonyl (C=O) groups excluding carboxylic acids is 1. The van der Waals surface area contributed by atoms with Crippen molar-refractivity contribution >= 4 is 32.9 Å². The summed E-state index contributed by atoms with van der Waals surface area (Å²) in [7, 11) is 0. The van der Waals surface area contributed by atoms with Gasteiger partial charge >= 0.3 is 0 Å². The third-order valence-electron chi connectivity index (χ3n) is 4.75. The number of aromatic nitrogens is 2. The van der Waals surface area contributed by atoms with Crippen LogP contribution >= 0.6 is 15.9 Å². The Hall–Kier alpha value is -2.14. The molecule has 1 heterocycles. The molecule has 1 aliphatic carbocycles. The maximum absolute atomic E-state index is 11.5. The van der Waals surface area contributed by atoms with E-state index in [-0.39, 0.29) is 0 Å². The fourth-order valence-corrected chi connectivity index (χ4v) is 4.01. The van der Waals surface area contributed by atoms with Gasteiger partial charge in [-0.1, -0.05) is 40.9 Å². The first-order valence-corrected chi connectivity index (χ1v) is 9.00. The zero-order valence-electron chi connectivity index (χ0n) is 13.2. The van der Waals surface area contributed by atoms with Gasteiger partial charge < -0.3 is 10.3 Å². The van der Waals surface area contributed by atoms with Crippen molar-refractivity contribution in [3.05, 3.63) is 52.5 Å². The number of imidazole rings is 1. The lowest BCUT2D eigenvalue weighted by Gasteiger charge is -2.16. The predicted molar refractivity (Wildman–Crippen MR) is 98.9 cm³/mol. The number of fused-ring (bicyclic) bond motifs is 1. The number of hydrogen-bond donors (Lipinski definition) is 1. The first-order valence-electron chi connectivity index (χ1n) is 8.21. The minimum absolute atomic E-state index is 0.420. The quantitative estimate of drug-likeness (QED) is 0.713. The van der Waals surface area contributed by atoms with E-state index in [9.17, 15) is 4.79 Å². The Morgan fingerprint density at radius 3 is 2.67 bits per heavy atom. The minimum atomic E-state index is -0.420. The summed E-state index contributed by atoms with van der Waals surface area (Å²) in [5.74, 6) is 0.538. The fraction of sp³-hybridized carbons (Fsp3) is 0.263. The molecule has 1 aliphatic rings. The molecule has 5 heteroatoms. The van der Waals surface area contributed by atoms with Crippen molar-refractivity contribution in [1.29, 1.82) is 0 Å². The van der Waals surface area contributed by atoms with Gasteiger partial charge in [-0.25, -0.2) is 4.98 Å². The Morgan fingerprint density at radius 1 is 1.17 bits per heavy atom. The van der Waals surface area contributed by atoms with E-state index < -0.39 is 5.91 Å². The molecule has 0 radical (unpaired) electrons. The van der Waals surface area contributed by atoms with Crippen molar-refractivity contribution in [2.45, 2.75) is 31.7 Å². The van der Waals surface area contributed by atoms with Gasteiger partial charge in [-0.3, -0.25) is 4.79 Å². The molecule has 4 rings (SSSR count). The molecule has 24 heavy (non-hydrogen) atoms. The summed E-state index contributed by atoms with van der Waals surface area (Å²) >= 11 is 3.54. The van der Waals surface area contributed by atoms with Crippen LogP contribution in [-0.4, -0.2) is 15.5 Å². The minimum Gasteiger partial charge on any atom is -0.366 e. The van der Waals surface area contributed by atoms with Gasteiger partial charge in [0, 0.05) is 21.6 Å². The third-order valence-corrected chi connectivity index (χ3v) is 5.24. The molecule has 1 saturated carbocycles. The van der Waals surface area contributed by atoms with Gasteiger partial charge in [0.1, 0.15) is 5.82 Å². The Kier molecular flexibility index (Phi) is 3.88. The highest BCUT2D eigenvalue weighted by Gasteiger charge is 2.23. The van der Waals surface area contributed by atoms with Crippen LogP contribution in [-0.2, 0) is 0 Å². The second-order valence-corrected chi connectivity index (χ2v) is 7.24. The molecule has 2 aromatic carbocycles. The van der Waals surface area contributed by atoms with E-state index in [2.05, 4.69) is 32.6 Å². The molecule has 3 aromatic rings. The average Bonchev–Trinajstić information content (AvgIpc) is 3.21. The number of rotatable bonds is 3. The lowest BCUT2D eigenvalue weighted by molar-refractivity contribution is 0.100. The van der Waals surface area contributed by atoms with Crippen molar-refractivity contribution in [2.75, 3.05) is 0 Å². The summed E-state index contributed by atoms with van der Waals surface area (Å²) in [6.45, 7) is 0. The number of primary amides is 1. The number of hydrogen-bond acceptors (Lipinski definition) is 2. The van der Waals surface area contributed by atoms with Crippen LogP contribution in [0.2, 0.25) is 0 Å². The Labute approximate surface area is 148 Å². The standard InChI is InChI=1S/C19H18BrN3O/c20-14-5-3-4-13(10-14)19-22-16-11-12(18(21)24)8-9-17(16)23(19)15-6-1-2-7-15/h3-5,8-11,15H,1-2,6-7H2,(H2,21,24). The highest BCUT2D eigenvalue weighted by atomic mass is 79.9. The lowest BCUT2D eigenvalue weighted by Crippen LogP contribution is -2.10. The largest absolute Gasteiger partial charge is 0.366 e. The molecule has 2 N–H and O–H groups in total. The molecule has 0 saturated heterocycles. The molecule has 1 fully saturated rings. The predicted octanol–water partition coefficient (Wildman–Crippen LogP) is 4.68. The first kappa shape index (κ1) is 15.4. The molecule has 4 nitrogen and oxygen atoms in total. The highest BCUT2D eigenvalue weighted by Crippen LogP contribution is 2.37. The van der Waals surface area contributed by atoms with Crippen molar-refractivity contribution in [3.63, 3.8) is 0 Å². The highest BCUT2D eigenvalue weighted by molar-refractivity contribution is 9.10. The normalized spacial score (nSPS) is 15.2. The summed E-state index contributed by atoms with van der Waals surface area (Å²) in [5, 5.41) is 0. The smallest absolute Gasteiger partial charge is 0.248 e. The second-order valence-electron chi connectivity index (χ2n) is 6.32. The van der Waals surface area contributed by atoms with Crippen LogP contribution in [0.1, 0.15) is 42.1 Å². The van der Waals surface area contributed by atoms with E-state index in [1.54, 1.807) is 12.1 Å². The molecule has 0 atom stereocenters. The Balaban J connectivity index is 1.96. The van der Waals surface area contributed by atoms with Crippen LogP contribution < -0.4 is 5.73 Å². The SMILES string of the molecule is NC(=O)c1ccc2c(c1)nc(-c1cccc(Br)c1)n2C1CCCC1. The van der Waals surface area contributed by atoms with Gasteiger partial charge in [0.15, 0.2) is 0 Å². The van der Waals surface area contributed by atoms with Gasteiger partial charge in [-0.05, 0) is 43.2 Å². The van der Waals surface area contributed by atoms with E-state index in [0.29, 0.717) is 11.6 Å². The number of carbonyl (C=O) groups is 1. The number of benzene rings is 2. The number of halogens is 1. The maximum atomic E-state index is 11.5. The van der Waals surface area contributed by atoms with Gasteiger partial charge in [-0.15, -0.1) is 0 Å². The summed E-state index contributed by atoms with van der Waals surface area (Å²) < 4.78 is 3.37. The van der Waals surface area contributed by atoms with Crippen molar-refractivity contribution in [1.82, 2.24) is 9.55 Å². The Morgan fingerprint density at radius 2 is 1.96 bits per heavy atom. The summed E-state index contributed by atoms with van der Waals surface area (Å²) in [6.07, 6.45) is 4.84. The zero-order chi connectivity index (χ0) is 16.7. The average molecular weight is 384 g/mol. The summed E-state index contributed by atoms with van der Waals surface area (Å²) in [6, 6.07) is 14.2. The van der Waals surface area contributed by atoms with E-state index in [4.69, 9.17) is 10.7 Å². The van der Waals surface area contributed by atoms with Crippen LogP contribution in [0, 0.1) is 0 Å². The van der Waals surface area contributed by atoms with Gasteiger partial charge in [0.25, 0.3) is 0 Å². The van der Waals surface area contributed by atoms with Crippen LogP contribution in [0.4, 0.5) is 0 Å². The van der Waals surface area contributed by atoms with E-state index >= 15 is 0 Å². The lowest BCUT2D eigenvalue weighted by atomic mass is 10.1. The molecule has 0 spiro atoms. The second kappa shape index (κ2) is 6.06. The molecule has 0 bridgehead atoms. The van der Waals surface area contributed by atoms with E-state index in [0.717, 1.165) is 26.9 Å². The molecule has 1 aromatic heterocycles. The molecule has 1 amide bonds. The maximum Gasteiger partial charge on any atom is 0.248 e. The van der Waals surface area contributed by atoms with Crippen molar-refractivity contribution in [3.8, 4) is 11.4 Å². The molecular weight excluding hydrogens is 366 g/mol. The topological polar surface area (TPSA) is 60.9 Å². The van der Waals surface area contributed by atoms with Crippen LogP contribution in [0.25, 0.3) is 22.4 Å². The monoisotopic (exact) mass is 383 g/mol. The number of nitrogens with zero attached hydrogens (tertiary/aromatic N) is 2. The van der Waals surface area contributed by atoms with E-state index in [1.165, 1.54) is 25.7 Å². The number of amides is 1. The third kappa shape index (κ3) is 2.63. The van der Waals surface area contributed by atoms with Gasteiger partial charge in [0.2, 0.25) is 5.91 Å². The Bertz CT molecular complexity index is 926. The van der Waals surface area contributed by atoms with Crippen molar-refractivity contribution in [2.24, 2.45) is 5.73 Å². The summed E-state index contributed by atoms with van der Waals surface area (Å²) in [4.78, 5) is 16.3. The number of nitrogens with two attached hydrogens (primary N) is 1. The summed E-state index contributed by atoms with van der Waals surface area (Å²) in [5.41, 5.74) is 8.90. The zero-order valence-corrected chi connectivity index (χ0v) is 14.8. The van der Waals surface area contributed by atoms with Gasteiger partial charge in [-0.2, -0.15) is 0 Å². The molecule has 0 aliphatic heterocycles. The van der Waals surface area contributed by atoms with Gasteiger partial charge in [0.05, 0.1) is 11.0 Å². The van der Waals surface area contributed by atoms with E-state index in [1.807, 2.05) is 18.2 Å². The van der Waals surface area contributed by atoms with Crippen LogP contribution in [0.15, 0.2) is 46.9 Å². The molecular formula is C19H18BrN3O. The molecule has 122 valence electrons. The van der Waals surface area contributed by atoms with Crippen molar-refractivity contribution < 1.29 is 4.79 Å². The van der Waals surface area contributed by atoms with Crippen LogP contribution in [0.3, 0.4) is 0 Å².